The highest BCUT2D eigenvalue weighted by atomic mass is 32.1. The average Bonchev–Trinajstić information content (AvgIpc) is 4.01. The van der Waals surface area contributed by atoms with Gasteiger partial charge in [-0.1, -0.05) is 146 Å². The van der Waals surface area contributed by atoms with Crippen LogP contribution in [0.25, 0.3) is 120 Å². The van der Waals surface area contributed by atoms with Crippen molar-refractivity contribution in [3.63, 3.8) is 0 Å². The molecule has 13 rings (SSSR count). The van der Waals surface area contributed by atoms with E-state index in [1.54, 1.807) is 0 Å². The Morgan fingerprint density at radius 3 is 1.27 bits per heavy atom. The lowest BCUT2D eigenvalue weighted by atomic mass is 10.0. The maximum absolute atomic E-state index is 5.01. The summed E-state index contributed by atoms with van der Waals surface area (Å²) >= 11 is 1.81. The maximum Gasteiger partial charge on any atom is 0.164 e. The van der Waals surface area contributed by atoms with E-state index in [0.29, 0.717) is 17.5 Å². The summed E-state index contributed by atoms with van der Waals surface area (Å²) in [5, 5.41) is 7.44. The number of rotatable bonds is 6. The van der Waals surface area contributed by atoms with Crippen molar-refractivity contribution in [2.24, 2.45) is 0 Å². The van der Waals surface area contributed by atoms with Crippen LogP contribution in [0.1, 0.15) is 0 Å². The van der Waals surface area contributed by atoms with Crippen LogP contribution in [0.3, 0.4) is 0 Å². The minimum absolute atomic E-state index is 0.659. The van der Waals surface area contributed by atoms with E-state index in [2.05, 4.69) is 161 Å². The zero-order valence-electron chi connectivity index (χ0n) is 33.9. The maximum atomic E-state index is 5.01. The highest BCUT2D eigenvalue weighted by molar-refractivity contribution is 7.25. The van der Waals surface area contributed by atoms with Gasteiger partial charge in [0, 0.05) is 69.8 Å². The van der Waals surface area contributed by atoms with Gasteiger partial charge in [-0.25, -0.2) is 15.0 Å². The van der Waals surface area contributed by atoms with Crippen molar-refractivity contribution in [2.45, 2.75) is 0 Å². The van der Waals surface area contributed by atoms with Crippen LogP contribution >= 0.6 is 11.3 Å². The van der Waals surface area contributed by atoms with Crippen LogP contribution in [0.15, 0.2) is 212 Å². The summed E-state index contributed by atoms with van der Waals surface area (Å²) in [5.74, 6) is 1.98. The Balaban J connectivity index is 0.909. The van der Waals surface area contributed by atoms with E-state index >= 15 is 0 Å². The summed E-state index contributed by atoms with van der Waals surface area (Å²) in [6.45, 7) is 0. The minimum Gasteiger partial charge on any atom is -0.309 e. The molecule has 0 radical (unpaired) electrons. The average molecular weight is 822 g/mol. The van der Waals surface area contributed by atoms with E-state index in [1.165, 1.54) is 80.6 Å². The quantitative estimate of drug-likeness (QED) is 0.168. The van der Waals surface area contributed by atoms with E-state index in [0.717, 1.165) is 22.4 Å². The van der Waals surface area contributed by atoms with Gasteiger partial charge in [-0.3, -0.25) is 0 Å². The number of aromatic nitrogens is 5. The SMILES string of the molecule is c1ccc(-c2nc(-c3ccccc3)nc(-c3ccc4c(c3)sc3cc(-n5c6ccccc6c6cc(-c7ccc8c(c7)c7ccccc7n8-c7ccccc7)ccc65)ccc34)n2)cc1. The molecule has 0 fully saturated rings. The molecule has 0 N–H and O–H groups in total. The molecule has 294 valence electrons. The van der Waals surface area contributed by atoms with Crippen molar-refractivity contribution in [3.05, 3.63) is 212 Å². The minimum atomic E-state index is 0.659. The van der Waals surface area contributed by atoms with E-state index in [4.69, 9.17) is 15.0 Å². The lowest BCUT2D eigenvalue weighted by Gasteiger charge is -2.09. The molecule has 0 saturated heterocycles. The number of thiophene rings is 1. The van der Waals surface area contributed by atoms with E-state index in [-0.39, 0.29) is 0 Å². The third-order valence-corrected chi connectivity index (χ3v) is 13.5. The molecule has 0 aliphatic carbocycles. The molecule has 4 aromatic heterocycles. The van der Waals surface area contributed by atoms with Gasteiger partial charge in [-0.05, 0) is 77.9 Å². The molecule has 4 heterocycles. The molecule has 0 spiro atoms. The fraction of sp³-hybridized carbons (Fsp3) is 0. The monoisotopic (exact) mass is 821 g/mol. The molecule has 0 unspecified atom stereocenters. The molecular weight excluding hydrogens is 787 g/mol. The first-order valence-electron chi connectivity index (χ1n) is 21.2. The molecule has 0 aliphatic rings. The molecule has 5 nitrogen and oxygen atoms in total. The van der Waals surface area contributed by atoms with E-state index in [1.807, 2.05) is 72.0 Å². The van der Waals surface area contributed by atoms with Gasteiger partial charge < -0.3 is 9.13 Å². The smallest absolute Gasteiger partial charge is 0.164 e. The Kier molecular flexibility index (Phi) is 8.01. The first-order chi connectivity index (χ1) is 31.2. The Hall–Kier alpha value is -8.19. The second-order valence-corrected chi connectivity index (χ2v) is 17.1. The highest BCUT2D eigenvalue weighted by Gasteiger charge is 2.18. The van der Waals surface area contributed by atoms with Crippen molar-refractivity contribution in [3.8, 4) is 56.7 Å². The van der Waals surface area contributed by atoms with Crippen LogP contribution < -0.4 is 0 Å². The van der Waals surface area contributed by atoms with Crippen LogP contribution in [0.4, 0.5) is 0 Å². The highest BCUT2D eigenvalue weighted by Crippen LogP contribution is 2.41. The summed E-state index contributed by atoms with van der Waals surface area (Å²) in [6, 6.07) is 75.8. The third kappa shape index (κ3) is 5.80. The van der Waals surface area contributed by atoms with Gasteiger partial charge in [0.2, 0.25) is 0 Å². The van der Waals surface area contributed by atoms with Crippen molar-refractivity contribution in [1.82, 2.24) is 24.1 Å². The summed E-state index contributed by atoms with van der Waals surface area (Å²) in [4.78, 5) is 14.9. The molecule has 0 saturated carbocycles. The van der Waals surface area contributed by atoms with Gasteiger partial charge in [0.05, 0.1) is 22.1 Å². The van der Waals surface area contributed by atoms with Gasteiger partial charge in [-0.2, -0.15) is 0 Å². The van der Waals surface area contributed by atoms with Crippen LogP contribution in [0.2, 0.25) is 0 Å². The van der Waals surface area contributed by atoms with Gasteiger partial charge in [0.25, 0.3) is 0 Å². The number of fused-ring (bicyclic) bond motifs is 9. The van der Waals surface area contributed by atoms with Crippen LogP contribution in [-0.4, -0.2) is 24.1 Å². The topological polar surface area (TPSA) is 48.5 Å². The second kappa shape index (κ2) is 14.2. The molecule has 0 amide bonds. The molecule has 6 heteroatoms. The third-order valence-electron chi connectivity index (χ3n) is 12.4. The Morgan fingerprint density at radius 1 is 0.270 bits per heavy atom. The number of hydrogen-bond acceptors (Lipinski definition) is 4. The lowest BCUT2D eigenvalue weighted by molar-refractivity contribution is 1.07. The molecule has 0 bridgehead atoms. The normalized spacial score (nSPS) is 11.8. The predicted octanol–water partition coefficient (Wildman–Crippen LogP) is 15.1. The Morgan fingerprint density at radius 2 is 0.698 bits per heavy atom. The number of para-hydroxylation sites is 3. The molecule has 13 aromatic rings. The first-order valence-corrected chi connectivity index (χ1v) is 22.0. The van der Waals surface area contributed by atoms with Crippen molar-refractivity contribution in [2.75, 3.05) is 0 Å². The second-order valence-electron chi connectivity index (χ2n) is 16.0. The number of benzene rings is 9. The Labute approximate surface area is 366 Å². The standard InChI is InChI=1S/C57H35N5S/c1-4-14-36(15-5-1)55-58-56(37-16-6-2-7-17-37)60-57(59-55)40-24-28-45-46-29-27-42(35-54(46)63-53(45)34-40)62-50-23-13-11-21-44(50)48-33-39(26-31-52(48)62)38-25-30-51-47(32-38)43-20-10-12-22-49(43)61(51)41-18-8-3-9-19-41/h1-35H. The van der Waals surface area contributed by atoms with Gasteiger partial charge in [0.15, 0.2) is 17.5 Å². The van der Waals surface area contributed by atoms with Crippen LogP contribution in [0, 0.1) is 0 Å². The van der Waals surface area contributed by atoms with Crippen molar-refractivity contribution >= 4 is 75.1 Å². The summed E-state index contributed by atoms with van der Waals surface area (Å²) in [7, 11) is 0. The summed E-state index contributed by atoms with van der Waals surface area (Å²) in [5.41, 5.74) is 12.4. The van der Waals surface area contributed by atoms with E-state index in [9.17, 15) is 0 Å². The molecule has 0 aliphatic heterocycles. The van der Waals surface area contributed by atoms with Gasteiger partial charge >= 0.3 is 0 Å². The largest absolute Gasteiger partial charge is 0.309 e. The van der Waals surface area contributed by atoms with Crippen molar-refractivity contribution in [1.29, 1.82) is 0 Å². The van der Waals surface area contributed by atoms with Crippen LogP contribution in [0.5, 0.6) is 0 Å². The molecule has 9 aromatic carbocycles. The van der Waals surface area contributed by atoms with Gasteiger partial charge in [-0.15, -0.1) is 11.3 Å². The fourth-order valence-electron chi connectivity index (χ4n) is 9.42. The number of nitrogens with zero attached hydrogens (tertiary/aromatic N) is 5. The van der Waals surface area contributed by atoms with Crippen molar-refractivity contribution < 1.29 is 0 Å². The molecular formula is C57H35N5S. The zero-order chi connectivity index (χ0) is 41.4. The Bertz CT molecular complexity index is 3850. The summed E-state index contributed by atoms with van der Waals surface area (Å²) < 4.78 is 7.21. The molecule has 63 heavy (non-hydrogen) atoms. The molecule has 0 atom stereocenters. The predicted molar refractivity (Wildman–Crippen MR) is 263 cm³/mol. The van der Waals surface area contributed by atoms with E-state index < -0.39 is 0 Å². The fourth-order valence-corrected chi connectivity index (χ4v) is 10.6. The van der Waals surface area contributed by atoms with Crippen LogP contribution in [-0.2, 0) is 0 Å². The summed E-state index contributed by atoms with van der Waals surface area (Å²) in [6.07, 6.45) is 0. The lowest BCUT2D eigenvalue weighted by Crippen LogP contribution is -1.99. The zero-order valence-corrected chi connectivity index (χ0v) is 34.7. The van der Waals surface area contributed by atoms with Gasteiger partial charge in [0.1, 0.15) is 0 Å². The number of hydrogen-bond donors (Lipinski definition) is 0. The first kappa shape index (κ1) is 35.6.